The van der Waals surface area contributed by atoms with Crippen molar-refractivity contribution in [3.63, 3.8) is 0 Å². The molecule has 0 saturated heterocycles. The van der Waals surface area contributed by atoms with Crippen molar-refractivity contribution in [1.29, 1.82) is 0 Å². The largest absolute Gasteiger partial charge is 0.486 e. The van der Waals surface area contributed by atoms with E-state index in [-0.39, 0.29) is 5.91 Å². The van der Waals surface area contributed by atoms with Crippen LogP contribution in [0.2, 0.25) is 0 Å². The zero-order valence-corrected chi connectivity index (χ0v) is 18.6. The summed E-state index contributed by atoms with van der Waals surface area (Å²) < 4.78 is 12.3. The van der Waals surface area contributed by atoms with Gasteiger partial charge in [-0.25, -0.2) is 4.98 Å². The van der Waals surface area contributed by atoms with E-state index in [9.17, 15) is 4.79 Å². The first-order valence-corrected chi connectivity index (χ1v) is 11.1. The van der Waals surface area contributed by atoms with Crippen molar-refractivity contribution in [1.82, 2.24) is 9.97 Å². The summed E-state index contributed by atoms with van der Waals surface area (Å²) in [5, 5.41) is 0.618. The van der Waals surface area contributed by atoms with Gasteiger partial charge in [-0.05, 0) is 35.9 Å². The van der Waals surface area contributed by atoms with Gasteiger partial charge in [0.1, 0.15) is 13.2 Å². The molecule has 2 aromatic heterocycles. The van der Waals surface area contributed by atoms with E-state index in [0.717, 1.165) is 21.5 Å². The molecule has 1 aliphatic heterocycles. The fourth-order valence-corrected chi connectivity index (χ4v) is 4.50. The lowest BCUT2D eigenvalue weighted by molar-refractivity contribution is 0.0985. The molecule has 0 radical (unpaired) electrons. The molecule has 0 N–H and O–H groups in total. The quantitative estimate of drug-likeness (QED) is 0.453. The van der Waals surface area contributed by atoms with Crippen LogP contribution in [0.3, 0.4) is 0 Å². The average Bonchev–Trinajstić information content (AvgIpc) is 3.23. The molecule has 0 fully saturated rings. The highest BCUT2D eigenvalue weighted by Gasteiger charge is 2.23. The van der Waals surface area contributed by atoms with Gasteiger partial charge in [0.05, 0.1) is 16.8 Å². The lowest BCUT2D eigenvalue weighted by Crippen LogP contribution is -2.30. The number of rotatable bonds is 5. The molecular formula is C24H22N4O3S. The summed E-state index contributed by atoms with van der Waals surface area (Å²) in [6.07, 6.45) is 3.49. The number of benzene rings is 2. The fraction of sp³-hybridized carbons (Fsp3) is 0.208. The molecule has 2 aromatic carbocycles. The molecule has 162 valence electrons. The Morgan fingerprint density at radius 1 is 1.06 bits per heavy atom. The van der Waals surface area contributed by atoms with Crippen LogP contribution in [0.25, 0.3) is 10.2 Å². The lowest BCUT2D eigenvalue weighted by Gasteiger charge is -2.20. The molecule has 5 rings (SSSR count). The zero-order valence-electron chi connectivity index (χ0n) is 17.8. The number of hydrogen-bond acceptors (Lipinski definition) is 7. The SMILES string of the molecule is CN(C)c1ccc(C(=O)N(Cc2cccnc2)c2nc3cc4c(cc3s2)OCCO4)cc1. The highest BCUT2D eigenvalue weighted by atomic mass is 32.1. The Bertz CT molecular complexity index is 1210. The number of carbonyl (C=O) groups is 1. The average molecular weight is 447 g/mol. The third kappa shape index (κ3) is 3.97. The Morgan fingerprint density at radius 2 is 1.81 bits per heavy atom. The number of fused-ring (bicyclic) bond motifs is 2. The second-order valence-electron chi connectivity index (χ2n) is 7.65. The van der Waals surface area contributed by atoms with E-state index in [1.54, 1.807) is 17.3 Å². The van der Waals surface area contributed by atoms with Gasteiger partial charge in [0.15, 0.2) is 16.6 Å². The molecule has 0 bridgehead atoms. The van der Waals surface area contributed by atoms with Crippen molar-refractivity contribution in [2.24, 2.45) is 0 Å². The minimum Gasteiger partial charge on any atom is -0.486 e. The minimum absolute atomic E-state index is 0.115. The number of thiazole rings is 1. The third-order valence-electron chi connectivity index (χ3n) is 5.21. The predicted molar refractivity (Wildman–Crippen MR) is 126 cm³/mol. The maximum absolute atomic E-state index is 13.6. The van der Waals surface area contributed by atoms with Crippen LogP contribution in [-0.4, -0.2) is 43.2 Å². The standard InChI is InChI=1S/C24H22N4O3S/c1-27(2)18-7-5-17(6-8-18)23(29)28(15-16-4-3-9-25-14-16)24-26-19-12-20-21(13-22(19)32-24)31-11-10-30-20/h3-9,12-14H,10-11,15H2,1-2H3. The van der Waals surface area contributed by atoms with Gasteiger partial charge in [-0.2, -0.15) is 0 Å². The van der Waals surface area contributed by atoms with Crippen LogP contribution in [0.4, 0.5) is 10.8 Å². The van der Waals surface area contributed by atoms with E-state index < -0.39 is 0 Å². The maximum atomic E-state index is 13.6. The van der Waals surface area contributed by atoms with Crippen molar-refractivity contribution in [2.75, 3.05) is 37.1 Å². The van der Waals surface area contributed by atoms with E-state index >= 15 is 0 Å². The van der Waals surface area contributed by atoms with Crippen molar-refractivity contribution >= 4 is 38.3 Å². The summed E-state index contributed by atoms with van der Waals surface area (Å²) in [5.41, 5.74) is 3.34. The number of aromatic nitrogens is 2. The molecule has 32 heavy (non-hydrogen) atoms. The summed E-state index contributed by atoms with van der Waals surface area (Å²) >= 11 is 1.46. The molecule has 0 aliphatic carbocycles. The minimum atomic E-state index is -0.115. The molecular weight excluding hydrogens is 424 g/mol. The second kappa shape index (κ2) is 8.47. The highest BCUT2D eigenvalue weighted by molar-refractivity contribution is 7.22. The highest BCUT2D eigenvalue weighted by Crippen LogP contribution is 2.39. The van der Waals surface area contributed by atoms with Crippen LogP contribution in [0, 0.1) is 0 Å². The summed E-state index contributed by atoms with van der Waals surface area (Å²) in [6, 6.07) is 15.2. The van der Waals surface area contributed by atoms with Crippen LogP contribution >= 0.6 is 11.3 Å². The first-order chi connectivity index (χ1) is 15.6. The van der Waals surface area contributed by atoms with Gasteiger partial charge in [0.2, 0.25) is 0 Å². The molecule has 0 saturated carbocycles. The van der Waals surface area contributed by atoms with Crippen LogP contribution in [0.5, 0.6) is 11.5 Å². The van der Waals surface area contributed by atoms with Gasteiger partial charge in [-0.3, -0.25) is 14.7 Å². The van der Waals surface area contributed by atoms with Crippen molar-refractivity contribution in [2.45, 2.75) is 6.54 Å². The number of carbonyl (C=O) groups excluding carboxylic acids is 1. The molecule has 1 aliphatic rings. The number of nitrogens with zero attached hydrogens (tertiary/aromatic N) is 4. The Kier molecular flexibility index (Phi) is 5.36. The smallest absolute Gasteiger partial charge is 0.260 e. The summed E-state index contributed by atoms with van der Waals surface area (Å²) in [7, 11) is 3.94. The summed E-state index contributed by atoms with van der Waals surface area (Å²) in [5.74, 6) is 1.28. The van der Waals surface area contributed by atoms with E-state index in [1.807, 2.05) is 67.5 Å². The van der Waals surface area contributed by atoms with Crippen molar-refractivity contribution in [3.8, 4) is 11.5 Å². The maximum Gasteiger partial charge on any atom is 0.260 e. The Balaban J connectivity index is 1.54. The fourth-order valence-electron chi connectivity index (χ4n) is 3.53. The lowest BCUT2D eigenvalue weighted by atomic mass is 10.1. The van der Waals surface area contributed by atoms with E-state index in [0.29, 0.717) is 42.0 Å². The van der Waals surface area contributed by atoms with Crippen LogP contribution in [0.1, 0.15) is 15.9 Å². The van der Waals surface area contributed by atoms with Gasteiger partial charge < -0.3 is 14.4 Å². The number of pyridine rings is 1. The topological polar surface area (TPSA) is 67.8 Å². The van der Waals surface area contributed by atoms with Gasteiger partial charge in [-0.15, -0.1) is 0 Å². The van der Waals surface area contributed by atoms with Gasteiger partial charge in [-0.1, -0.05) is 17.4 Å². The molecule has 8 heteroatoms. The van der Waals surface area contributed by atoms with Gasteiger partial charge in [0.25, 0.3) is 5.91 Å². The van der Waals surface area contributed by atoms with Crippen molar-refractivity contribution < 1.29 is 14.3 Å². The van der Waals surface area contributed by atoms with Crippen molar-refractivity contribution in [3.05, 3.63) is 72.1 Å². The molecule has 0 atom stereocenters. The third-order valence-corrected chi connectivity index (χ3v) is 6.25. The summed E-state index contributed by atoms with van der Waals surface area (Å²) in [4.78, 5) is 26.2. The van der Waals surface area contributed by atoms with Crippen LogP contribution in [0.15, 0.2) is 60.9 Å². The van der Waals surface area contributed by atoms with Crippen LogP contribution in [-0.2, 0) is 6.54 Å². The number of anilines is 2. The first kappa shape index (κ1) is 20.3. The van der Waals surface area contributed by atoms with E-state index in [1.165, 1.54) is 11.3 Å². The molecule has 7 nitrogen and oxygen atoms in total. The molecule has 4 aromatic rings. The Labute approximate surface area is 189 Å². The van der Waals surface area contributed by atoms with E-state index in [2.05, 4.69) is 4.98 Å². The second-order valence-corrected chi connectivity index (χ2v) is 8.66. The van der Waals surface area contributed by atoms with Gasteiger partial charge in [0, 0.05) is 49.9 Å². The van der Waals surface area contributed by atoms with Gasteiger partial charge >= 0.3 is 0 Å². The monoisotopic (exact) mass is 446 g/mol. The van der Waals surface area contributed by atoms with Crippen LogP contribution < -0.4 is 19.3 Å². The molecule has 1 amide bonds. The first-order valence-electron chi connectivity index (χ1n) is 10.3. The Hall–Kier alpha value is -3.65. The zero-order chi connectivity index (χ0) is 22.1. The molecule has 3 heterocycles. The molecule has 0 unspecified atom stereocenters. The number of hydrogen-bond donors (Lipinski definition) is 0. The Morgan fingerprint density at radius 3 is 2.50 bits per heavy atom. The normalized spacial score (nSPS) is 12.6. The summed E-state index contributed by atoms with van der Waals surface area (Å²) in [6.45, 7) is 1.41. The predicted octanol–water partition coefficient (Wildman–Crippen LogP) is 4.38. The number of ether oxygens (including phenoxy) is 2. The number of amides is 1. The molecule has 0 spiro atoms. The van der Waals surface area contributed by atoms with E-state index in [4.69, 9.17) is 14.5 Å².